The van der Waals surface area contributed by atoms with Gasteiger partial charge in [0.25, 0.3) is 0 Å². The second-order valence-corrected chi connectivity index (χ2v) is 5.58. The van der Waals surface area contributed by atoms with E-state index in [0.717, 1.165) is 31.5 Å². The largest absolute Gasteiger partial charge is 0.389 e. The van der Waals surface area contributed by atoms with Crippen LogP contribution in [0.1, 0.15) is 32.3 Å². The van der Waals surface area contributed by atoms with Gasteiger partial charge in [0.15, 0.2) is 0 Å². The maximum absolute atomic E-state index is 10.6. The van der Waals surface area contributed by atoms with E-state index in [0.29, 0.717) is 18.3 Å². The highest BCUT2D eigenvalue weighted by Crippen LogP contribution is 2.28. The van der Waals surface area contributed by atoms with E-state index >= 15 is 0 Å². The van der Waals surface area contributed by atoms with Gasteiger partial charge in [0, 0.05) is 31.7 Å². The summed E-state index contributed by atoms with van der Waals surface area (Å²) >= 11 is 0. The van der Waals surface area contributed by atoms with Gasteiger partial charge in [0.2, 0.25) is 0 Å². The molecule has 0 aromatic carbocycles. The molecule has 2 rings (SSSR count). The fourth-order valence-electron chi connectivity index (χ4n) is 2.59. The number of aromatic nitrogens is 1. The van der Waals surface area contributed by atoms with E-state index in [1.165, 1.54) is 0 Å². The van der Waals surface area contributed by atoms with Crippen molar-refractivity contribution in [1.29, 1.82) is 0 Å². The van der Waals surface area contributed by atoms with Crippen molar-refractivity contribution in [3.63, 3.8) is 0 Å². The Morgan fingerprint density at radius 3 is 2.67 bits per heavy atom. The van der Waals surface area contributed by atoms with Crippen LogP contribution in [0, 0.1) is 0 Å². The Morgan fingerprint density at radius 2 is 2.11 bits per heavy atom. The van der Waals surface area contributed by atoms with Crippen LogP contribution in [-0.2, 0) is 6.42 Å². The highest BCUT2D eigenvalue weighted by Gasteiger charge is 2.33. The summed E-state index contributed by atoms with van der Waals surface area (Å²) in [6.07, 6.45) is 3.90. The Morgan fingerprint density at radius 1 is 1.44 bits per heavy atom. The van der Waals surface area contributed by atoms with E-state index in [4.69, 9.17) is 5.73 Å². The second-order valence-electron chi connectivity index (χ2n) is 5.58. The zero-order chi connectivity index (χ0) is 13.2. The predicted molar refractivity (Wildman–Crippen MR) is 73.2 cm³/mol. The first-order chi connectivity index (χ1) is 8.50. The molecule has 0 atom stereocenters. The number of aliphatic hydroxyl groups is 1. The Balaban J connectivity index is 2.00. The number of nitrogens with two attached hydrogens (primary N) is 1. The summed E-state index contributed by atoms with van der Waals surface area (Å²) in [6.45, 7) is 6.30. The van der Waals surface area contributed by atoms with Gasteiger partial charge in [-0.25, -0.2) is 4.98 Å². The lowest BCUT2D eigenvalue weighted by molar-refractivity contribution is -0.0270. The van der Waals surface area contributed by atoms with Crippen molar-refractivity contribution < 1.29 is 5.11 Å². The van der Waals surface area contributed by atoms with Crippen molar-refractivity contribution >= 4 is 5.82 Å². The molecule has 1 aliphatic heterocycles. The quantitative estimate of drug-likeness (QED) is 0.851. The molecule has 0 spiro atoms. The van der Waals surface area contributed by atoms with Gasteiger partial charge >= 0.3 is 0 Å². The van der Waals surface area contributed by atoms with E-state index in [9.17, 15) is 5.11 Å². The lowest BCUT2D eigenvalue weighted by Gasteiger charge is -2.40. The van der Waals surface area contributed by atoms with E-state index in [1.807, 2.05) is 12.1 Å². The number of piperidine rings is 1. The minimum absolute atomic E-state index is 0.539. The van der Waals surface area contributed by atoms with Crippen molar-refractivity contribution in [2.45, 2.75) is 44.8 Å². The summed E-state index contributed by atoms with van der Waals surface area (Å²) in [4.78, 5) is 6.48. The van der Waals surface area contributed by atoms with Gasteiger partial charge in [-0.2, -0.15) is 0 Å². The van der Waals surface area contributed by atoms with Crippen LogP contribution in [0.2, 0.25) is 0 Å². The zero-order valence-electron chi connectivity index (χ0n) is 11.3. The van der Waals surface area contributed by atoms with E-state index < -0.39 is 5.60 Å². The molecule has 0 radical (unpaired) electrons. The molecule has 1 saturated heterocycles. The smallest absolute Gasteiger partial charge is 0.126 e. The first-order valence-corrected chi connectivity index (χ1v) is 6.66. The molecule has 3 N–H and O–H groups in total. The van der Waals surface area contributed by atoms with Crippen molar-refractivity contribution in [1.82, 2.24) is 9.88 Å². The van der Waals surface area contributed by atoms with Crippen LogP contribution in [0.3, 0.4) is 0 Å². The number of anilines is 1. The summed E-state index contributed by atoms with van der Waals surface area (Å²) in [5.41, 5.74) is 6.17. The number of likely N-dealkylation sites (tertiary alicyclic amines) is 1. The van der Waals surface area contributed by atoms with Crippen molar-refractivity contribution in [2.24, 2.45) is 0 Å². The number of pyridine rings is 1. The fraction of sp³-hybridized carbons (Fsp3) is 0.643. The third-order valence-corrected chi connectivity index (χ3v) is 3.90. The normalized spacial score (nSPS) is 20.2. The Bertz CT molecular complexity index is 398. The summed E-state index contributed by atoms with van der Waals surface area (Å²) < 4.78 is 0. The first kappa shape index (κ1) is 13.3. The Kier molecular flexibility index (Phi) is 3.88. The summed E-state index contributed by atoms with van der Waals surface area (Å²) in [7, 11) is 0. The lowest BCUT2D eigenvalue weighted by atomic mass is 9.85. The molecule has 4 nitrogen and oxygen atoms in total. The Hall–Kier alpha value is -1.13. The van der Waals surface area contributed by atoms with Gasteiger partial charge in [0.05, 0.1) is 5.60 Å². The van der Waals surface area contributed by atoms with Gasteiger partial charge in [-0.15, -0.1) is 0 Å². The molecule has 0 aliphatic carbocycles. The molecule has 100 valence electrons. The third kappa shape index (κ3) is 3.00. The predicted octanol–water partition coefficient (Wildman–Crippen LogP) is 1.44. The van der Waals surface area contributed by atoms with E-state index in [1.54, 1.807) is 6.20 Å². The molecule has 0 unspecified atom stereocenters. The monoisotopic (exact) mass is 249 g/mol. The van der Waals surface area contributed by atoms with Crippen LogP contribution in [0.5, 0.6) is 0 Å². The molecule has 1 aromatic heterocycles. The number of nitrogens with zero attached hydrogens (tertiary/aromatic N) is 2. The number of rotatable bonds is 3. The van der Waals surface area contributed by atoms with Crippen LogP contribution in [0.4, 0.5) is 5.82 Å². The summed E-state index contributed by atoms with van der Waals surface area (Å²) in [6, 6.07) is 4.38. The SMILES string of the molecule is CC(C)N1CCC(O)(Cc2cccnc2N)CC1. The summed E-state index contributed by atoms with van der Waals surface area (Å²) in [5, 5.41) is 10.6. The van der Waals surface area contributed by atoms with Crippen LogP contribution < -0.4 is 5.73 Å². The topological polar surface area (TPSA) is 62.4 Å². The fourth-order valence-corrected chi connectivity index (χ4v) is 2.59. The molecule has 0 bridgehead atoms. The molecule has 0 saturated carbocycles. The molecule has 1 fully saturated rings. The average molecular weight is 249 g/mol. The minimum Gasteiger partial charge on any atom is -0.389 e. The van der Waals surface area contributed by atoms with Gasteiger partial charge < -0.3 is 15.7 Å². The molecule has 1 aliphatic rings. The van der Waals surface area contributed by atoms with Crippen LogP contribution in [0.15, 0.2) is 18.3 Å². The molecule has 2 heterocycles. The molecule has 0 amide bonds. The van der Waals surface area contributed by atoms with Crippen LogP contribution in [0.25, 0.3) is 0 Å². The molecule has 4 heteroatoms. The van der Waals surface area contributed by atoms with Crippen molar-refractivity contribution in [3.05, 3.63) is 23.9 Å². The second kappa shape index (κ2) is 5.24. The highest BCUT2D eigenvalue weighted by atomic mass is 16.3. The van der Waals surface area contributed by atoms with Crippen LogP contribution in [-0.4, -0.2) is 39.7 Å². The lowest BCUT2D eigenvalue weighted by Crippen LogP contribution is -2.47. The number of nitrogen functional groups attached to an aromatic ring is 1. The zero-order valence-corrected chi connectivity index (χ0v) is 11.3. The summed E-state index contributed by atoms with van der Waals surface area (Å²) in [5.74, 6) is 0.539. The van der Waals surface area contributed by atoms with Gasteiger partial charge in [-0.1, -0.05) is 6.07 Å². The molecule has 18 heavy (non-hydrogen) atoms. The standard InChI is InChI=1S/C14H23N3O/c1-11(2)17-8-5-14(18,6-9-17)10-12-4-3-7-16-13(12)15/h3-4,7,11,18H,5-6,8-10H2,1-2H3,(H2,15,16). The molecule has 1 aromatic rings. The molecular formula is C14H23N3O. The number of hydrogen-bond donors (Lipinski definition) is 2. The maximum atomic E-state index is 10.6. The highest BCUT2D eigenvalue weighted by molar-refractivity contribution is 5.39. The van der Waals surface area contributed by atoms with E-state index in [-0.39, 0.29) is 0 Å². The first-order valence-electron chi connectivity index (χ1n) is 6.66. The molecular weight excluding hydrogens is 226 g/mol. The van der Waals surface area contributed by atoms with Gasteiger partial charge in [-0.05, 0) is 38.3 Å². The number of hydrogen-bond acceptors (Lipinski definition) is 4. The third-order valence-electron chi connectivity index (χ3n) is 3.90. The van der Waals surface area contributed by atoms with Crippen LogP contribution >= 0.6 is 0 Å². The minimum atomic E-state index is -0.622. The Labute approximate surface area is 109 Å². The maximum Gasteiger partial charge on any atom is 0.126 e. The van der Waals surface area contributed by atoms with Gasteiger partial charge in [-0.3, -0.25) is 0 Å². The van der Waals surface area contributed by atoms with Gasteiger partial charge in [0.1, 0.15) is 5.82 Å². The average Bonchev–Trinajstić information content (AvgIpc) is 2.32. The van der Waals surface area contributed by atoms with Crippen molar-refractivity contribution in [2.75, 3.05) is 18.8 Å². The van der Waals surface area contributed by atoms with E-state index in [2.05, 4.69) is 23.7 Å². The van der Waals surface area contributed by atoms with Crippen molar-refractivity contribution in [3.8, 4) is 0 Å².